The van der Waals surface area contributed by atoms with Gasteiger partial charge in [-0.05, 0) is 30.9 Å². The molecule has 9 heteroatoms. The Labute approximate surface area is 164 Å². The lowest BCUT2D eigenvalue weighted by Gasteiger charge is -2.43. The number of benzene rings is 1. The number of carbonyl (C=O) groups is 2. The number of sulfonamides is 1. The van der Waals surface area contributed by atoms with Crippen LogP contribution in [0.5, 0.6) is 5.75 Å². The first-order chi connectivity index (χ1) is 13.4. The van der Waals surface area contributed by atoms with Gasteiger partial charge in [-0.3, -0.25) is 9.59 Å². The third kappa shape index (κ3) is 3.73. The first-order valence-electron chi connectivity index (χ1n) is 9.60. The van der Waals surface area contributed by atoms with Gasteiger partial charge in [-0.1, -0.05) is 6.07 Å². The van der Waals surface area contributed by atoms with E-state index in [9.17, 15) is 18.0 Å². The molecule has 152 valence electrons. The van der Waals surface area contributed by atoms with Crippen LogP contribution in [-0.4, -0.2) is 68.8 Å². The van der Waals surface area contributed by atoms with E-state index in [1.165, 1.54) is 23.5 Å². The minimum absolute atomic E-state index is 0.0667. The first-order valence-corrected chi connectivity index (χ1v) is 11.0. The van der Waals surface area contributed by atoms with Gasteiger partial charge >= 0.3 is 0 Å². The third-order valence-corrected chi connectivity index (χ3v) is 7.57. The molecular formula is C19H25N3O5S. The van der Waals surface area contributed by atoms with Crippen molar-refractivity contribution in [2.24, 2.45) is 11.8 Å². The summed E-state index contributed by atoms with van der Waals surface area (Å²) in [7, 11) is -2.13. The molecule has 1 N–H and O–H groups in total. The van der Waals surface area contributed by atoms with Crippen LogP contribution in [0.3, 0.4) is 0 Å². The Bertz CT molecular complexity index is 877. The zero-order chi connectivity index (χ0) is 19.9. The molecule has 2 heterocycles. The van der Waals surface area contributed by atoms with Crippen LogP contribution < -0.4 is 10.1 Å². The second-order valence-corrected chi connectivity index (χ2v) is 9.73. The third-order valence-electron chi connectivity index (χ3n) is 5.74. The van der Waals surface area contributed by atoms with Crippen molar-refractivity contribution < 1.29 is 22.7 Å². The molecule has 4 rings (SSSR count). The zero-order valence-corrected chi connectivity index (χ0v) is 16.7. The van der Waals surface area contributed by atoms with E-state index >= 15 is 0 Å². The number of nitrogens with one attached hydrogen (secondary N) is 1. The van der Waals surface area contributed by atoms with Gasteiger partial charge in [-0.25, -0.2) is 8.42 Å². The van der Waals surface area contributed by atoms with Crippen LogP contribution in [0.15, 0.2) is 29.2 Å². The van der Waals surface area contributed by atoms with Crippen molar-refractivity contribution >= 4 is 21.8 Å². The van der Waals surface area contributed by atoms with Gasteiger partial charge in [0.25, 0.3) is 0 Å². The lowest BCUT2D eigenvalue weighted by molar-refractivity contribution is -0.132. The highest BCUT2D eigenvalue weighted by molar-refractivity contribution is 7.89. The molecule has 3 fully saturated rings. The molecule has 1 saturated carbocycles. The quantitative estimate of drug-likeness (QED) is 0.708. The summed E-state index contributed by atoms with van der Waals surface area (Å²) < 4.78 is 32.0. The summed E-state index contributed by atoms with van der Waals surface area (Å²) in [4.78, 5) is 26.4. The van der Waals surface area contributed by atoms with E-state index in [2.05, 4.69) is 5.32 Å². The summed E-state index contributed by atoms with van der Waals surface area (Å²) in [6, 6.07) is 6.18. The van der Waals surface area contributed by atoms with Crippen molar-refractivity contribution in [3.63, 3.8) is 0 Å². The lowest BCUT2D eigenvalue weighted by Crippen LogP contribution is -2.61. The first kappa shape index (κ1) is 19.2. The second-order valence-electron chi connectivity index (χ2n) is 7.79. The highest BCUT2D eigenvalue weighted by Crippen LogP contribution is 2.31. The Balaban J connectivity index is 1.34. The van der Waals surface area contributed by atoms with Crippen LogP contribution in [0.2, 0.25) is 0 Å². The molecule has 1 atom stereocenters. The molecule has 2 aliphatic heterocycles. The average Bonchev–Trinajstić information content (AvgIpc) is 3.40. The Hall–Kier alpha value is -2.13. The van der Waals surface area contributed by atoms with Crippen molar-refractivity contribution in [1.82, 2.24) is 14.5 Å². The molecule has 3 aliphatic rings. The fourth-order valence-electron chi connectivity index (χ4n) is 3.69. The SMILES string of the molecule is COc1cccc(S(=O)(=O)N2CC(N3CC(C(=O)NCC4CC4)CC3=O)C2)c1. The number of methoxy groups -OCH3 is 1. The van der Waals surface area contributed by atoms with Gasteiger partial charge in [0.15, 0.2) is 0 Å². The monoisotopic (exact) mass is 407 g/mol. The maximum atomic E-state index is 12.8. The van der Waals surface area contributed by atoms with Gasteiger partial charge in [0.05, 0.1) is 24.0 Å². The largest absolute Gasteiger partial charge is 0.497 e. The summed E-state index contributed by atoms with van der Waals surface area (Å²) in [6.45, 7) is 1.57. The van der Waals surface area contributed by atoms with Crippen LogP contribution in [0.25, 0.3) is 0 Å². The molecule has 1 unspecified atom stereocenters. The molecule has 0 radical (unpaired) electrons. The number of ether oxygens (including phenoxy) is 1. The van der Waals surface area contributed by atoms with Crippen molar-refractivity contribution in [1.29, 1.82) is 0 Å². The van der Waals surface area contributed by atoms with Crippen molar-refractivity contribution in [2.75, 3.05) is 33.3 Å². The van der Waals surface area contributed by atoms with Gasteiger partial charge in [0.1, 0.15) is 5.75 Å². The molecule has 2 amide bonds. The molecule has 2 saturated heterocycles. The highest BCUT2D eigenvalue weighted by Gasteiger charge is 2.45. The summed E-state index contributed by atoms with van der Waals surface area (Å²) in [5, 5.41) is 2.93. The summed E-state index contributed by atoms with van der Waals surface area (Å²) in [5.74, 6) is 0.598. The Morgan fingerprint density at radius 2 is 2.00 bits per heavy atom. The number of carbonyl (C=O) groups excluding carboxylic acids is 2. The number of likely N-dealkylation sites (tertiary alicyclic amines) is 1. The van der Waals surface area contributed by atoms with Crippen LogP contribution in [0.1, 0.15) is 19.3 Å². The summed E-state index contributed by atoms with van der Waals surface area (Å²) >= 11 is 0. The van der Waals surface area contributed by atoms with Crippen molar-refractivity contribution in [3.8, 4) is 5.75 Å². The number of amides is 2. The molecule has 1 aromatic carbocycles. The predicted octanol–water partition coefficient (Wildman–Crippen LogP) is 0.443. The van der Waals surface area contributed by atoms with E-state index in [0.717, 1.165) is 12.8 Å². The van der Waals surface area contributed by atoms with Crippen molar-refractivity contribution in [2.45, 2.75) is 30.2 Å². The molecule has 1 aromatic rings. The molecule has 8 nitrogen and oxygen atoms in total. The molecule has 28 heavy (non-hydrogen) atoms. The van der Waals surface area contributed by atoms with E-state index < -0.39 is 10.0 Å². The Morgan fingerprint density at radius 1 is 1.25 bits per heavy atom. The van der Waals surface area contributed by atoms with Crippen LogP contribution in [0.4, 0.5) is 0 Å². The molecule has 0 aromatic heterocycles. The average molecular weight is 407 g/mol. The minimum atomic E-state index is -3.62. The minimum Gasteiger partial charge on any atom is -0.497 e. The number of nitrogens with zero attached hydrogens (tertiary/aromatic N) is 2. The van der Waals surface area contributed by atoms with Gasteiger partial charge in [-0.2, -0.15) is 4.31 Å². The van der Waals surface area contributed by atoms with E-state index in [1.807, 2.05) is 0 Å². The lowest BCUT2D eigenvalue weighted by atomic mass is 10.1. The number of hydrogen-bond acceptors (Lipinski definition) is 5. The fraction of sp³-hybridized carbons (Fsp3) is 0.579. The van der Waals surface area contributed by atoms with Gasteiger partial charge < -0.3 is 15.0 Å². The van der Waals surface area contributed by atoms with Gasteiger partial charge in [0.2, 0.25) is 21.8 Å². The van der Waals surface area contributed by atoms with Crippen LogP contribution >= 0.6 is 0 Å². The molecule has 0 spiro atoms. The molecular weight excluding hydrogens is 382 g/mol. The second kappa shape index (κ2) is 7.36. The molecule has 1 aliphatic carbocycles. The normalized spacial score (nSPS) is 23.5. The van der Waals surface area contributed by atoms with Crippen LogP contribution in [0, 0.1) is 11.8 Å². The van der Waals surface area contributed by atoms with E-state index in [1.54, 1.807) is 17.0 Å². The fourth-order valence-corrected chi connectivity index (χ4v) is 5.24. The predicted molar refractivity (Wildman–Crippen MR) is 101 cm³/mol. The Kier molecular flexibility index (Phi) is 5.05. The van der Waals surface area contributed by atoms with Gasteiger partial charge in [0, 0.05) is 38.7 Å². The standard InChI is InChI=1S/C19H25N3O5S/c1-27-16-3-2-4-17(8-16)28(25,26)21-11-15(12-21)22-10-14(7-18(22)23)19(24)20-9-13-5-6-13/h2-4,8,13-15H,5-7,9-12H2,1H3,(H,20,24). The van der Waals surface area contributed by atoms with E-state index in [0.29, 0.717) is 24.8 Å². The Morgan fingerprint density at radius 3 is 2.68 bits per heavy atom. The molecule has 0 bridgehead atoms. The zero-order valence-electron chi connectivity index (χ0n) is 15.8. The van der Waals surface area contributed by atoms with E-state index in [4.69, 9.17) is 4.74 Å². The summed E-state index contributed by atoms with van der Waals surface area (Å²) in [6.07, 6.45) is 2.53. The number of hydrogen-bond donors (Lipinski definition) is 1. The van der Waals surface area contributed by atoms with Crippen LogP contribution in [-0.2, 0) is 19.6 Å². The van der Waals surface area contributed by atoms with Gasteiger partial charge in [-0.15, -0.1) is 0 Å². The number of rotatable bonds is 7. The highest BCUT2D eigenvalue weighted by atomic mass is 32.2. The smallest absolute Gasteiger partial charge is 0.243 e. The van der Waals surface area contributed by atoms with Crippen molar-refractivity contribution in [3.05, 3.63) is 24.3 Å². The maximum absolute atomic E-state index is 12.8. The maximum Gasteiger partial charge on any atom is 0.243 e. The van der Waals surface area contributed by atoms with E-state index in [-0.39, 0.29) is 48.2 Å². The summed E-state index contributed by atoms with van der Waals surface area (Å²) in [5.41, 5.74) is 0. The topological polar surface area (TPSA) is 96.0 Å².